The average molecular weight is 243 g/mol. The Kier molecular flexibility index (Phi) is 4.14. The molecule has 0 saturated heterocycles. The van der Waals surface area contributed by atoms with Crippen molar-refractivity contribution in [3.8, 4) is 0 Å². The average Bonchev–Trinajstić information content (AvgIpc) is 3.06. The summed E-state index contributed by atoms with van der Waals surface area (Å²) in [5, 5.41) is 21.1. The summed E-state index contributed by atoms with van der Waals surface area (Å²) in [6, 6.07) is 0. The van der Waals surface area contributed by atoms with E-state index in [1.54, 1.807) is 13.8 Å². The molecule has 98 valence electrons. The van der Waals surface area contributed by atoms with Gasteiger partial charge in [-0.25, -0.2) is 0 Å². The minimum absolute atomic E-state index is 0.0168. The maximum atomic E-state index is 11.8. The molecule has 1 fully saturated rings. The molecule has 5 nitrogen and oxygen atoms in total. The van der Waals surface area contributed by atoms with Crippen LogP contribution in [-0.4, -0.2) is 34.2 Å². The Balaban J connectivity index is 2.62. The molecule has 17 heavy (non-hydrogen) atoms. The minimum atomic E-state index is -0.977. The molecule has 1 saturated carbocycles. The standard InChI is InChI=1S/C12H21NO4/c1-3-11(4-2,10(16)17)7-9(15)13-12(8-14)5-6-12/h14H,3-8H2,1-2H3,(H,13,15)(H,16,17). The van der Waals surface area contributed by atoms with Crippen LogP contribution in [0, 0.1) is 5.41 Å². The molecule has 0 spiro atoms. The lowest BCUT2D eigenvalue weighted by Gasteiger charge is -2.27. The monoisotopic (exact) mass is 243 g/mol. The van der Waals surface area contributed by atoms with Crippen molar-refractivity contribution in [2.45, 2.75) is 51.5 Å². The van der Waals surface area contributed by atoms with E-state index in [9.17, 15) is 14.7 Å². The van der Waals surface area contributed by atoms with E-state index in [4.69, 9.17) is 5.11 Å². The van der Waals surface area contributed by atoms with Gasteiger partial charge in [0.1, 0.15) is 0 Å². The molecule has 0 unspecified atom stereocenters. The first-order chi connectivity index (χ1) is 7.93. The third kappa shape index (κ3) is 2.97. The van der Waals surface area contributed by atoms with Crippen molar-refractivity contribution in [2.75, 3.05) is 6.61 Å². The van der Waals surface area contributed by atoms with Crippen LogP contribution in [0.15, 0.2) is 0 Å². The topological polar surface area (TPSA) is 86.6 Å². The summed E-state index contributed by atoms with van der Waals surface area (Å²) in [5.41, 5.74) is -1.45. The summed E-state index contributed by atoms with van der Waals surface area (Å²) in [6.45, 7) is 3.49. The van der Waals surface area contributed by atoms with Crippen LogP contribution >= 0.6 is 0 Å². The van der Waals surface area contributed by atoms with Gasteiger partial charge < -0.3 is 15.5 Å². The van der Waals surface area contributed by atoms with Gasteiger partial charge >= 0.3 is 5.97 Å². The highest BCUT2D eigenvalue weighted by atomic mass is 16.4. The second kappa shape index (κ2) is 5.04. The zero-order chi connectivity index (χ0) is 13.1. The number of hydrogen-bond acceptors (Lipinski definition) is 3. The van der Waals surface area contributed by atoms with Gasteiger partial charge in [-0.3, -0.25) is 9.59 Å². The lowest BCUT2D eigenvalue weighted by Crippen LogP contribution is -2.43. The van der Waals surface area contributed by atoms with E-state index < -0.39 is 16.9 Å². The number of hydrogen-bond donors (Lipinski definition) is 3. The first-order valence-electron chi connectivity index (χ1n) is 6.09. The van der Waals surface area contributed by atoms with E-state index in [1.165, 1.54) is 0 Å². The number of aliphatic hydroxyl groups excluding tert-OH is 1. The van der Waals surface area contributed by atoms with E-state index in [1.807, 2.05) is 0 Å². The van der Waals surface area contributed by atoms with Crippen LogP contribution < -0.4 is 5.32 Å². The molecule has 0 aromatic carbocycles. The van der Waals surface area contributed by atoms with Crippen LogP contribution in [-0.2, 0) is 9.59 Å². The third-order valence-electron chi connectivity index (χ3n) is 3.87. The number of aliphatic carboxylic acids is 1. The van der Waals surface area contributed by atoms with Crippen molar-refractivity contribution in [1.29, 1.82) is 0 Å². The van der Waals surface area contributed by atoms with Crippen molar-refractivity contribution in [2.24, 2.45) is 5.41 Å². The van der Waals surface area contributed by atoms with Gasteiger partial charge in [-0.15, -0.1) is 0 Å². The Bertz CT molecular complexity index is 306. The summed E-state index contributed by atoms with van der Waals surface area (Å²) in [4.78, 5) is 23.1. The van der Waals surface area contributed by atoms with Gasteiger partial charge in [0.2, 0.25) is 5.91 Å². The van der Waals surface area contributed by atoms with E-state index >= 15 is 0 Å². The lowest BCUT2D eigenvalue weighted by atomic mass is 9.79. The molecule has 0 atom stereocenters. The Morgan fingerprint density at radius 2 is 1.82 bits per heavy atom. The highest BCUT2D eigenvalue weighted by Gasteiger charge is 2.45. The van der Waals surface area contributed by atoms with Crippen molar-refractivity contribution >= 4 is 11.9 Å². The number of aliphatic hydroxyl groups is 1. The predicted octanol–water partition coefficient (Wildman–Crippen LogP) is 0.909. The van der Waals surface area contributed by atoms with Crippen LogP contribution in [0.25, 0.3) is 0 Å². The molecule has 1 aliphatic rings. The zero-order valence-corrected chi connectivity index (χ0v) is 10.5. The molecule has 1 aliphatic carbocycles. The smallest absolute Gasteiger partial charge is 0.310 e. The summed E-state index contributed by atoms with van der Waals surface area (Å²) in [6.07, 6.45) is 2.38. The van der Waals surface area contributed by atoms with Crippen LogP contribution in [0.1, 0.15) is 46.0 Å². The number of nitrogens with one attached hydrogen (secondary N) is 1. The first-order valence-corrected chi connectivity index (χ1v) is 6.09. The van der Waals surface area contributed by atoms with E-state index in [0.29, 0.717) is 12.8 Å². The number of amides is 1. The molecule has 1 rings (SSSR count). The number of rotatable bonds is 7. The SMILES string of the molecule is CCC(CC)(CC(=O)NC1(CO)CC1)C(=O)O. The van der Waals surface area contributed by atoms with Gasteiger partial charge in [-0.2, -0.15) is 0 Å². The minimum Gasteiger partial charge on any atom is -0.481 e. The Labute approximate surface area is 101 Å². The Morgan fingerprint density at radius 3 is 2.12 bits per heavy atom. The van der Waals surface area contributed by atoms with Crippen LogP contribution in [0.2, 0.25) is 0 Å². The summed E-state index contributed by atoms with van der Waals surface area (Å²) in [7, 11) is 0. The molecule has 0 aromatic rings. The Hall–Kier alpha value is -1.10. The normalized spacial score (nSPS) is 17.6. The summed E-state index contributed by atoms with van der Waals surface area (Å²) in [5.74, 6) is -1.20. The van der Waals surface area contributed by atoms with Crippen molar-refractivity contribution < 1.29 is 19.8 Å². The van der Waals surface area contributed by atoms with Crippen molar-refractivity contribution in [1.82, 2.24) is 5.32 Å². The van der Waals surface area contributed by atoms with Crippen molar-refractivity contribution in [3.63, 3.8) is 0 Å². The highest BCUT2D eigenvalue weighted by molar-refractivity contribution is 5.85. The molecule has 5 heteroatoms. The Morgan fingerprint density at radius 1 is 1.29 bits per heavy atom. The quantitative estimate of drug-likeness (QED) is 0.620. The van der Waals surface area contributed by atoms with Crippen LogP contribution in [0.5, 0.6) is 0 Å². The third-order valence-corrected chi connectivity index (χ3v) is 3.87. The largest absolute Gasteiger partial charge is 0.481 e. The molecule has 0 aromatic heterocycles. The van der Waals surface area contributed by atoms with E-state index in [0.717, 1.165) is 12.8 Å². The maximum Gasteiger partial charge on any atom is 0.310 e. The molecule has 0 bridgehead atoms. The lowest BCUT2D eigenvalue weighted by molar-refractivity contribution is -0.152. The molecule has 3 N–H and O–H groups in total. The molecular weight excluding hydrogens is 222 g/mol. The van der Waals surface area contributed by atoms with Gasteiger partial charge in [0, 0.05) is 6.42 Å². The molecule has 0 heterocycles. The van der Waals surface area contributed by atoms with E-state index in [-0.39, 0.29) is 18.9 Å². The molecule has 0 radical (unpaired) electrons. The van der Waals surface area contributed by atoms with Crippen LogP contribution in [0.4, 0.5) is 0 Å². The van der Waals surface area contributed by atoms with Gasteiger partial charge in [0.25, 0.3) is 0 Å². The maximum absolute atomic E-state index is 11.8. The number of carbonyl (C=O) groups excluding carboxylic acids is 1. The molecule has 1 amide bonds. The molecule has 0 aliphatic heterocycles. The fraction of sp³-hybridized carbons (Fsp3) is 0.833. The number of carboxylic acid groups (broad SMARTS) is 1. The van der Waals surface area contributed by atoms with Crippen LogP contribution in [0.3, 0.4) is 0 Å². The fourth-order valence-electron chi connectivity index (χ4n) is 2.00. The zero-order valence-electron chi connectivity index (χ0n) is 10.5. The highest BCUT2D eigenvalue weighted by Crippen LogP contribution is 2.36. The van der Waals surface area contributed by atoms with Gasteiger partial charge in [-0.05, 0) is 25.7 Å². The predicted molar refractivity (Wildman–Crippen MR) is 62.5 cm³/mol. The fourth-order valence-corrected chi connectivity index (χ4v) is 2.00. The van der Waals surface area contributed by atoms with Gasteiger partial charge in [-0.1, -0.05) is 13.8 Å². The van der Waals surface area contributed by atoms with E-state index in [2.05, 4.69) is 5.32 Å². The summed E-state index contributed by atoms with van der Waals surface area (Å²) < 4.78 is 0. The van der Waals surface area contributed by atoms with Gasteiger partial charge in [0.15, 0.2) is 0 Å². The second-order valence-electron chi connectivity index (χ2n) is 4.96. The first kappa shape index (κ1) is 14.0. The number of carbonyl (C=O) groups is 2. The van der Waals surface area contributed by atoms with Gasteiger partial charge in [0.05, 0.1) is 17.6 Å². The second-order valence-corrected chi connectivity index (χ2v) is 4.96. The number of carboxylic acids is 1. The van der Waals surface area contributed by atoms with Crippen molar-refractivity contribution in [3.05, 3.63) is 0 Å². The molecular formula is C12H21NO4. The summed E-state index contributed by atoms with van der Waals surface area (Å²) >= 11 is 0.